The number of hydrogen-bond donors (Lipinski definition) is 3. The molecule has 0 amide bonds. The van der Waals surface area contributed by atoms with Gasteiger partial charge in [-0.3, -0.25) is 0 Å². The van der Waals surface area contributed by atoms with Crippen LogP contribution in [-0.2, 0) is 4.74 Å². The third-order valence-corrected chi connectivity index (χ3v) is 2.59. The van der Waals surface area contributed by atoms with Crippen molar-refractivity contribution in [3.05, 3.63) is 11.5 Å². The largest absolute Gasteiger partial charge is 0.398 e. The molecule has 0 aromatic carbocycles. The van der Waals surface area contributed by atoms with E-state index in [2.05, 4.69) is 17.2 Å². The third-order valence-electron chi connectivity index (χ3n) is 2.59. The summed E-state index contributed by atoms with van der Waals surface area (Å²) < 4.78 is 5.70. The van der Waals surface area contributed by atoms with E-state index in [9.17, 15) is 0 Å². The van der Waals surface area contributed by atoms with E-state index in [1.54, 1.807) is 0 Å². The first-order valence-electron chi connectivity index (χ1n) is 6.30. The van der Waals surface area contributed by atoms with Gasteiger partial charge in [0, 0.05) is 20.2 Å². The number of unbranched alkanes of at least 4 members (excludes halogenated alkanes) is 1. The molecule has 0 saturated carbocycles. The number of rotatable bonds is 9. The van der Waals surface area contributed by atoms with Crippen LogP contribution in [0.25, 0.3) is 0 Å². The number of hydrogen-bond acceptors (Lipinski definition) is 5. The second-order valence-corrected chi connectivity index (χ2v) is 4.09. The maximum absolute atomic E-state index is 5.96. The van der Waals surface area contributed by atoms with Crippen LogP contribution in [0.2, 0.25) is 0 Å². The summed E-state index contributed by atoms with van der Waals surface area (Å²) in [5.41, 5.74) is 11.9. The molecule has 18 heavy (non-hydrogen) atoms. The van der Waals surface area contributed by atoms with Gasteiger partial charge in [-0.15, -0.1) is 0 Å². The fraction of sp³-hybridized carbons (Fsp3) is 0.750. The van der Waals surface area contributed by atoms with Crippen LogP contribution in [0.4, 0.5) is 0 Å². The summed E-state index contributed by atoms with van der Waals surface area (Å²) >= 11 is 0. The van der Waals surface area contributed by atoms with Crippen molar-refractivity contribution in [1.29, 1.82) is 0 Å². The summed E-state index contributed by atoms with van der Waals surface area (Å²) in [4.78, 5) is 5.99. The van der Waals surface area contributed by atoms with Gasteiger partial charge in [0.2, 0.25) is 0 Å². The van der Waals surface area contributed by atoms with Gasteiger partial charge in [-0.25, -0.2) is 4.99 Å². The number of likely N-dealkylation sites (N-methyl/N-ethyl adjacent to an activating group) is 1. The van der Waals surface area contributed by atoms with E-state index in [-0.39, 0.29) is 6.23 Å². The molecule has 0 bridgehead atoms. The average Bonchev–Trinajstić information content (AvgIpc) is 2.35. The molecule has 5 N–H and O–H groups in total. The normalized spacial score (nSPS) is 14.7. The minimum Gasteiger partial charge on any atom is -0.398 e. The molecule has 0 rings (SSSR count). The number of ether oxygens (including phenoxy) is 1. The molecule has 106 valence electrons. The molecule has 0 aliphatic carbocycles. The Kier molecular flexibility index (Phi) is 9.04. The van der Waals surface area contributed by atoms with Crippen LogP contribution in [0.1, 0.15) is 26.7 Å². The molecule has 0 aromatic rings. The topological polar surface area (TPSA) is 88.9 Å². The summed E-state index contributed by atoms with van der Waals surface area (Å²) in [7, 11) is 3.72. The molecule has 0 spiro atoms. The SMILES string of the molecule is CCCCOC(C)N(C)C(/N=C\N)=C(\N)CNC. The van der Waals surface area contributed by atoms with Gasteiger partial charge in [-0.05, 0) is 20.4 Å². The number of nitrogens with zero attached hydrogens (tertiary/aromatic N) is 2. The Bertz CT molecular complexity index is 278. The van der Waals surface area contributed by atoms with Crippen LogP contribution in [-0.4, -0.2) is 44.7 Å². The molecule has 0 fully saturated rings. The smallest absolute Gasteiger partial charge is 0.152 e. The van der Waals surface area contributed by atoms with Crippen molar-refractivity contribution in [2.45, 2.75) is 32.9 Å². The Morgan fingerprint density at radius 3 is 2.72 bits per heavy atom. The van der Waals surface area contributed by atoms with Crippen LogP contribution in [0, 0.1) is 0 Å². The van der Waals surface area contributed by atoms with E-state index in [0.717, 1.165) is 19.4 Å². The van der Waals surface area contributed by atoms with Crippen LogP contribution in [0.3, 0.4) is 0 Å². The molecule has 0 saturated heterocycles. The highest BCUT2D eigenvalue weighted by Gasteiger charge is 2.14. The fourth-order valence-electron chi connectivity index (χ4n) is 1.42. The first kappa shape index (κ1) is 16.7. The molecule has 0 aromatic heterocycles. The van der Waals surface area contributed by atoms with E-state index in [4.69, 9.17) is 16.2 Å². The third kappa shape index (κ3) is 5.88. The van der Waals surface area contributed by atoms with Gasteiger partial charge < -0.3 is 26.4 Å². The van der Waals surface area contributed by atoms with E-state index < -0.39 is 0 Å². The monoisotopic (exact) mass is 257 g/mol. The van der Waals surface area contributed by atoms with Crippen LogP contribution < -0.4 is 16.8 Å². The maximum Gasteiger partial charge on any atom is 0.152 e. The zero-order chi connectivity index (χ0) is 14.0. The van der Waals surface area contributed by atoms with Crippen molar-refractivity contribution in [3.8, 4) is 0 Å². The minimum absolute atomic E-state index is 0.0920. The quantitative estimate of drug-likeness (QED) is 0.241. The van der Waals surface area contributed by atoms with Gasteiger partial charge in [0.15, 0.2) is 5.82 Å². The summed E-state index contributed by atoms with van der Waals surface area (Å²) in [6.07, 6.45) is 3.31. The van der Waals surface area contributed by atoms with Crippen molar-refractivity contribution < 1.29 is 4.74 Å². The number of aliphatic imine (C=N–C) groups is 1. The molecular weight excluding hydrogens is 230 g/mol. The van der Waals surface area contributed by atoms with Crippen molar-refractivity contribution in [2.75, 3.05) is 27.2 Å². The lowest BCUT2D eigenvalue weighted by molar-refractivity contribution is -0.0208. The van der Waals surface area contributed by atoms with Crippen molar-refractivity contribution in [3.63, 3.8) is 0 Å². The second-order valence-electron chi connectivity index (χ2n) is 4.09. The predicted molar refractivity (Wildman–Crippen MR) is 75.9 cm³/mol. The summed E-state index contributed by atoms with van der Waals surface area (Å²) in [5, 5.41) is 2.99. The van der Waals surface area contributed by atoms with Gasteiger partial charge in [-0.2, -0.15) is 0 Å². The van der Waals surface area contributed by atoms with Gasteiger partial charge in [-0.1, -0.05) is 13.3 Å². The van der Waals surface area contributed by atoms with E-state index >= 15 is 0 Å². The number of nitrogens with two attached hydrogens (primary N) is 2. The molecule has 1 unspecified atom stereocenters. The molecule has 1 atom stereocenters. The molecule has 6 heteroatoms. The van der Waals surface area contributed by atoms with Gasteiger partial charge >= 0.3 is 0 Å². The predicted octanol–water partition coefficient (Wildman–Crippen LogP) is 0.415. The Morgan fingerprint density at radius 2 is 2.22 bits per heavy atom. The highest BCUT2D eigenvalue weighted by Crippen LogP contribution is 2.11. The van der Waals surface area contributed by atoms with Gasteiger partial charge in [0.05, 0.1) is 12.0 Å². The van der Waals surface area contributed by atoms with Crippen molar-refractivity contribution in [2.24, 2.45) is 16.5 Å². The second kappa shape index (κ2) is 9.73. The number of nitrogens with one attached hydrogen (secondary N) is 1. The van der Waals surface area contributed by atoms with Crippen LogP contribution >= 0.6 is 0 Å². The molecule has 0 radical (unpaired) electrons. The first-order chi connectivity index (χ1) is 8.58. The lowest BCUT2D eigenvalue weighted by Gasteiger charge is -2.28. The van der Waals surface area contributed by atoms with Crippen LogP contribution in [0.15, 0.2) is 16.5 Å². The molecule has 0 aliphatic heterocycles. The Hall–Kier alpha value is -1.27. The van der Waals surface area contributed by atoms with Crippen LogP contribution in [0.5, 0.6) is 0 Å². The first-order valence-corrected chi connectivity index (χ1v) is 6.30. The fourth-order valence-corrected chi connectivity index (χ4v) is 1.42. The maximum atomic E-state index is 5.96. The van der Waals surface area contributed by atoms with Crippen molar-refractivity contribution in [1.82, 2.24) is 10.2 Å². The lowest BCUT2D eigenvalue weighted by Crippen LogP contribution is -2.34. The standard InChI is InChI=1S/C12H27N5O/c1-5-6-7-18-10(2)17(4)12(16-9-13)11(14)8-15-3/h9-10,15H,5-8,14H2,1-4H3,(H2,13,16)/b12-11-. The lowest BCUT2D eigenvalue weighted by atomic mass is 10.3. The molecule has 0 heterocycles. The Labute approximate surface area is 110 Å². The van der Waals surface area contributed by atoms with E-state index in [1.165, 1.54) is 6.34 Å². The summed E-state index contributed by atoms with van der Waals surface area (Å²) in [5.74, 6) is 0.635. The summed E-state index contributed by atoms with van der Waals surface area (Å²) in [6.45, 7) is 5.38. The molecular formula is C12H27N5O. The Morgan fingerprint density at radius 1 is 1.56 bits per heavy atom. The summed E-state index contributed by atoms with van der Waals surface area (Å²) in [6, 6.07) is 0. The highest BCUT2D eigenvalue weighted by molar-refractivity contribution is 5.53. The van der Waals surface area contributed by atoms with Gasteiger partial charge in [0.25, 0.3) is 0 Å². The minimum atomic E-state index is -0.0920. The van der Waals surface area contributed by atoms with E-state index in [0.29, 0.717) is 18.1 Å². The molecule has 0 aliphatic rings. The zero-order valence-corrected chi connectivity index (χ0v) is 11.9. The molecule has 6 nitrogen and oxygen atoms in total. The Balaban J connectivity index is 4.65. The van der Waals surface area contributed by atoms with Crippen molar-refractivity contribution >= 4 is 6.34 Å². The highest BCUT2D eigenvalue weighted by atomic mass is 16.5. The van der Waals surface area contributed by atoms with E-state index in [1.807, 2.05) is 25.9 Å². The van der Waals surface area contributed by atoms with Gasteiger partial charge in [0.1, 0.15) is 6.23 Å². The zero-order valence-electron chi connectivity index (χ0n) is 11.9. The average molecular weight is 257 g/mol.